The van der Waals surface area contributed by atoms with Crippen LogP contribution < -0.4 is 15.4 Å². The molecule has 7 nitrogen and oxygen atoms in total. The van der Waals surface area contributed by atoms with E-state index in [9.17, 15) is 14.4 Å². The van der Waals surface area contributed by atoms with Gasteiger partial charge in [0, 0.05) is 6.54 Å². The van der Waals surface area contributed by atoms with Gasteiger partial charge in [-0.05, 0) is 18.6 Å². The van der Waals surface area contributed by atoms with Gasteiger partial charge in [-0.3, -0.25) is 10.1 Å². The summed E-state index contributed by atoms with van der Waals surface area (Å²) in [6.07, 6.45) is 1.76. The van der Waals surface area contributed by atoms with Crippen LogP contribution in [0.25, 0.3) is 0 Å². The Morgan fingerprint density at radius 3 is 2.62 bits per heavy atom. The van der Waals surface area contributed by atoms with Gasteiger partial charge in [0.25, 0.3) is 5.91 Å². The SMILES string of the molecule is CCCCNC(=O)NC(=O)COc1ccccc1C(=O)O. The Hall–Kier alpha value is -2.57. The molecule has 3 amide bonds. The van der Waals surface area contributed by atoms with Gasteiger partial charge in [0.05, 0.1) is 0 Å². The average Bonchev–Trinajstić information content (AvgIpc) is 2.45. The summed E-state index contributed by atoms with van der Waals surface area (Å²) in [6.45, 7) is 2.03. The molecule has 0 aliphatic carbocycles. The minimum absolute atomic E-state index is 0.0438. The summed E-state index contributed by atoms with van der Waals surface area (Å²) in [4.78, 5) is 33.8. The summed E-state index contributed by atoms with van der Waals surface area (Å²) < 4.78 is 5.11. The standard InChI is InChI=1S/C14H18N2O5/c1-2-3-8-15-14(20)16-12(17)9-21-11-7-5-4-6-10(11)13(18)19/h4-7H,2-3,8-9H2,1H3,(H,18,19)(H2,15,16,17,20). The largest absolute Gasteiger partial charge is 0.483 e. The number of carboxylic acid groups (broad SMARTS) is 1. The molecule has 0 atom stereocenters. The molecule has 21 heavy (non-hydrogen) atoms. The molecular formula is C14H18N2O5. The Morgan fingerprint density at radius 2 is 1.95 bits per heavy atom. The molecule has 0 aliphatic heterocycles. The number of nitrogens with one attached hydrogen (secondary N) is 2. The van der Waals surface area contributed by atoms with Gasteiger partial charge in [0.2, 0.25) is 0 Å². The van der Waals surface area contributed by atoms with E-state index in [1.807, 2.05) is 6.92 Å². The van der Waals surface area contributed by atoms with Gasteiger partial charge in [0.1, 0.15) is 11.3 Å². The Bertz CT molecular complexity index is 516. The van der Waals surface area contributed by atoms with E-state index in [1.165, 1.54) is 12.1 Å². The Labute approximate surface area is 122 Å². The monoisotopic (exact) mass is 294 g/mol. The molecular weight excluding hydrogens is 276 g/mol. The molecule has 1 rings (SSSR count). The zero-order valence-electron chi connectivity index (χ0n) is 11.7. The first kappa shape index (κ1) is 16.5. The topological polar surface area (TPSA) is 105 Å². The third kappa shape index (κ3) is 5.94. The van der Waals surface area contributed by atoms with E-state index in [4.69, 9.17) is 9.84 Å². The zero-order valence-corrected chi connectivity index (χ0v) is 11.7. The first-order valence-corrected chi connectivity index (χ1v) is 6.57. The van der Waals surface area contributed by atoms with Crippen LogP contribution in [0.5, 0.6) is 5.75 Å². The predicted octanol–water partition coefficient (Wildman–Crippen LogP) is 1.39. The molecule has 0 saturated carbocycles. The molecule has 7 heteroatoms. The number of rotatable bonds is 7. The van der Waals surface area contributed by atoms with E-state index in [0.29, 0.717) is 6.54 Å². The number of carbonyl (C=O) groups is 3. The van der Waals surface area contributed by atoms with E-state index in [-0.39, 0.29) is 11.3 Å². The molecule has 0 aromatic heterocycles. The van der Waals surface area contributed by atoms with Crippen molar-refractivity contribution in [1.29, 1.82) is 0 Å². The molecule has 0 spiro atoms. The van der Waals surface area contributed by atoms with Crippen molar-refractivity contribution < 1.29 is 24.2 Å². The second kappa shape index (κ2) is 8.57. The average molecular weight is 294 g/mol. The summed E-state index contributed by atoms with van der Waals surface area (Å²) >= 11 is 0. The first-order chi connectivity index (χ1) is 10.0. The molecule has 0 fully saturated rings. The van der Waals surface area contributed by atoms with Crippen LogP contribution in [0.3, 0.4) is 0 Å². The van der Waals surface area contributed by atoms with Crippen LogP contribution in [0.2, 0.25) is 0 Å². The van der Waals surface area contributed by atoms with Gasteiger partial charge >= 0.3 is 12.0 Å². The number of benzene rings is 1. The van der Waals surface area contributed by atoms with Crippen molar-refractivity contribution in [3.05, 3.63) is 29.8 Å². The predicted molar refractivity (Wildman–Crippen MR) is 75.3 cm³/mol. The van der Waals surface area contributed by atoms with Crippen LogP contribution in [0, 0.1) is 0 Å². The molecule has 0 heterocycles. The normalized spacial score (nSPS) is 9.76. The molecule has 3 N–H and O–H groups in total. The van der Waals surface area contributed by atoms with Crippen molar-refractivity contribution in [3.8, 4) is 5.75 Å². The molecule has 0 bridgehead atoms. The number of ether oxygens (including phenoxy) is 1. The maximum Gasteiger partial charge on any atom is 0.339 e. The summed E-state index contributed by atoms with van der Waals surface area (Å²) in [5.41, 5.74) is -0.0438. The minimum atomic E-state index is -1.15. The molecule has 0 unspecified atom stereocenters. The van der Waals surface area contributed by atoms with Crippen molar-refractivity contribution in [2.24, 2.45) is 0 Å². The van der Waals surface area contributed by atoms with Crippen LogP contribution in [-0.2, 0) is 4.79 Å². The Kier molecular flexibility index (Phi) is 6.73. The molecule has 1 aromatic rings. The minimum Gasteiger partial charge on any atom is -0.483 e. The molecule has 0 radical (unpaired) electrons. The maximum atomic E-state index is 11.5. The van der Waals surface area contributed by atoms with Gasteiger partial charge in [-0.2, -0.15) is 0 Å². The number of carboxylic acids is 1. The summed E-state index contributed by atoms with van der Waals surface area (Å²) in [7, 11) is 0. The number of amides is 3. The lowest BCUT2D eigenvalue weighted by Crippen LogP contribution is -2.42. The van der Waals surface area contributed by atoms with Crippen LogP contribution in [0.1, 0.15) is 30.1 Å². The van der Waals surface area contributed by atoms with Crippen molar-refractivity contribution in [1.82, 2.24) is 10.6 Å². The van der Waals surface area contributed by atoms with E-state index in [1.54, 1.807) is 12.1 Å². The second-order valence-corrected chi connectivity index (χ2v) is 4.25. The number of aromatic carboxylic acids is 1. The van der Waals surface area contributed by atoms with E-state index >= 15 is 0 Å². The van der Waals surface area contributed by atoms with Crippen LogP contribution in [0.4, 0.5) is 4.79 Å². The number of para-hydroxylation sites is 1. The highest BCUT2D eigenvalue weighted by Crippen LogP contribution is 2.17. The summed E-state index contributed by atoms with van der Waals surface area (Å²) in [5, 5.41) is 13.6. The summed E-state index contributed by atoms with van der Waals surface area (Å²) in [6, 6.07) is 5.36. The van der Waals surface area contributed by atoms with Gasteiger partial charge in [-0.25, -0.2) is 9.59 Å². The van der Waals surface area contributed by atoms with Crippen molar-refractivity contribution in [2.45, 2.75) is 19.8 Å². The lowest BCUT2D eigenvalue weighted by atomic mass is 10.2. The lowest BCUT2D eigenvalue weighted by molar-refractivity contribution is -0.122. The zero-order chi connectivity index (χ0) is 15.7. The number of hydrogen-bond donors (Lipinski definition) is 3. The van der Waals surface area contributed by atoms with Gasteiger partial charge in [0.15, 0.2) is 6.61 Å². The van der Waals surface area contributed by atoms with Crippen molar-refractivity contribution in [2.75, 3.05) is 13.2 Å². The fourth-order valence-electron chi connectivity index (χ4n) is 1.50. The van der Waals surface area contributed by atoms with Crippen LogP contribution >= 0.6 is 0 Å². The van der Waals surface area contributed by atoms with E-state index in [0.717, 1.165) is 12.8 Å². The number of carbonyl (C=O) groups excluding carboxylic acids is 2. The van der Waals surface area contributed by atoms with E-state index < -0.39 is 24.5 Å². The maximum absolute atomic E-state index is 11.5. The third-order valence-corrected chi connectivity index (χ3v) is 2.55. The molecule has 0 saturated heterocycles. The third-order valence-electron chi connectivity index (χ3n) is 2.55. The molecule has 114 valence electrons. The van der Waals surface area contributed by atoms with Gasteiger partial charge in [-0.15, -0.1) is 0 Å². The number of imide groups is 1. The fourth-order valence-corrected chi connectivity index (χ4v) is 1.50. The Balaban J connectivity index is 2.43. The number of unbranched alkanes of at least 4 members (excludes halogenated alkanes) is 1. The lowest BCUT2D eigenvalue weighted by Gasteiger charge is -2.09. The van der Waals surface area contributed by atoms with Crippen molar-refractivity contribution >= 4 is 17.9 Å². The second-order valence-electron chi connectivity index (χ2n) is 4.25. The van der Waals surface area contributed by atoms with Gasteiger partial charge in [-0.1, -0.05) is 25.5 Å². The van der Waals surface area contributed by atoms with Gasteiger partial charge < -0.3 is 15.2 Å². The van der Waals surface area contributed by atoms with Crippen LogP contribution in [-0.4, -0.2) is 36.2 Å². The highest BCUT2D eigenvalue weighted by atomic mass is 16.5. The fraction of sp³-hybridized carbons (Fsp3) is 0.357. The highest BCUT2D eigenvalue weighted by Gasteiger charge is 2.12. The van der Waals surface area contributed by atoms with E-state index in [2.05, 4.69) is 10.6 Å². The molecule has 1 aromatic carbocycles. The Morgan fingerprint density at radius 1 is 1.24 bits per heavy atom. The van der Waals surface area contributed by atoms with Crippen molar-refractivity contribution in [3.63, 3.8) is 0 Å². The first-order valence-electron chi connectivity index (χ1n) is 6.57. The quantitative estimate of drug-likeness (QED) is 0.659. The summed E-state index contributed by atoms with van der Waals surface area (Å²) in [5.74, 6) is -1.72. The smallest absolute Gasteiger partial charge is 0.339 e. The highest BCUT2D eigenvalue weighted by molar-refractivity contribution is 5.95. The van der Waals surface area contributed by atoms with Crippen LogP contribution in [0.15, 0.2) is 24.3 Å². The molecule has 0 aliphatic rings. The number of hydrogen-bond acceptors (Lipinski definition) is 4. The number of urea groups is 1.